The first-order valence-electron chi connectivity index (χ1n) is 5.59. The molecule has 2 rings (SSSR count). The molecule has 0 amide bonds. The molecule has 0 aliphatic rings. The summed E-state index contributed by atoms with van der Waals surface area (Å²) in [5.41, 5.74) is 1.43. The molecule has 2 aromatic carbocycles. The van der Waals surface area contributed by atoms with Crippen LogP contribution >= 0.6 is 0 Å². The Labute approximate surface area is 162 Å². The van der Waals surface area contributed by atoms with Crippen molar-refractivity contribution in [1.29, 1.82) is 10.5 Å². The smallest absolute Gasteiger partial charge is 0.281 e. The monoisotopic (exact) mass is 502 g/mol. The summed E-state index contributed by atoms with van der Waals surface area (Å²) in [5.74, 6) is 0. The summed E-state index contributed by atoms with van der Waals surface area (Å²) in [6.45, 7) is 18.0. The molecule has 0 aromatic heterocycles. The topological polar surface area (TPSA) is 116 Å². The Kier molecular flexibility index (Phi) is 49.7. The molecule has 0 saturated heterocycles. The van der Waals surface area contributed by atoms with Crippen molar-refractivity contribution in [3.8, 4) is 12.1 Å². The van der Waals surface area contributed by atoms with Crippen LogP contribution < -0.4 is 0 Å². The van der Waals surface area contributed by atoms with Gasteiger partial charge in [0.25, 0.3) is 27.2 Å². The van der Waals surface area contributed by atoms with E-state index in [1.807, 2.05) is 48.5 Å². The molecule has 0 fully saturated rings. The summed E-state index contributed by atoms with van der Waals surface area (Å²) in [7, 11) is 0. The van der Waals surface area contributed by atoms with Crippen LogP contribution in [0.25, 0.3) is 0 Å². The van der Waals surface area contributed by atoms with Gasteiger partial charge in [0.2, 0.25) is 0 Å². The van der Waals surface area contributed by atoms with E-state index in [0.29, 0.717) is 11.1 Å². The van der Waals surface area contributed by atoms with E-state index in [0.717, 1.165) is 0 Å². The second kappa shape index (κ2) is 37.2. The summed E-state index contributed by atoms with van der Waals surface area (Å²) < 4.78 is 0. The van der Waals surface area contributed by atoms with Crippen molar-refractivity contribution in [1.82, 2.24) is 0 Å². The molecule has 2 aromatic rings. The van der Waals surface area contributed by atoms with Crippen molar-refractivity contribution >= 4 is 27.2 Å². The minimum absolute atomic E-state index is 0. The summed E-state index contributed by atoms with van der Waals surface area (Å²) >= 11 is 0. The largest absolute Gasteiger partial charge is 0.281 e. The van der Waals surface area contributed by atoms with Gasteiger partial charge >= 0.3 is 0 Å². The first kappa shape index (κ1) is 33.4. The molecule has 25 heavy (non-hydrogen) atoms. The molecule has 0 atom stereocenters. The predicted octanol–water partition coefficient (Wildman–Crippen LogP) is 1.53. The number of hydrogen-bond acceptors (Lipinski definition) is 6. The van der Waals surface area contributed by atoms with Crippen LogP contribution in [-0.2, 0) is 40.2 Å². The quantitative estimate of drug-likeness (QED) is 0.540. The van der Waals surface area contributed by atoms with Crippen LogP contribution in [0.3, 0.4) is 0 Å². The summed E-state index contributed by atoms with van der Waals surface area (Å²) in [6, 6.07) is 22.3. The Morgan fingerprint density at radius 1 is 0.520 bits per heavy atom. The van der Waals surface area contributed by atoms with Gasteiger partial charge in [-0.25, -0.2) is 0 Å². The molecular weight excluding hydrogens is 492 g/mol. The average Bonchev–Trinajstić information content (AvgIpc) is 2.75. The van der Waals surface area contributed by atoms with Gasteiger partial charge in [-0.15, -0.1) is 0 Å². The van der Waals surface area contributed by atoms with E-state index in [2.05, 4.69) is 27.2 Å². The zero-order valence-corrected chi connectivity index (χ0v) is 15.6. The van der Waals surface area contributed by atoms with Gasteiger partial charge < -0.3 is 0 Å². The van der Waals surface area contributed by atoms with E-state index in [1.165, 1.54) is 0 Å². The summed E-state index contributed by atoms with van der Waals surface area (Å²) in [6.07, 6.45) is 0. The molecule has 7 heteroatoms. The van der Waals surface area contributed by atoms with Crippen LogP contribution in [0.5, 0.6) is 0 Å². The predicted molar refractivity (Wildman–Crippen MR) is 85.1 cm³/mol. The number of carbonyl (C=O) groups excluding carboxylic acids is 4. The molecule has 0 N–H and O–H groups in total. The molecule has 0 aliphatic heterocycles. The zero-order chi connectivity index (χ0) is 19.6. The Bertz CT molecular complexity index is 512. The molecule has 0 heterocycles. The standard InChI is InChI=1S/2C7H5N.4CO.W/c2*8-6-7-4-2-1-3-5-7;4*1-2;/h2*1-5H;;;;;. The van der Waals surface area contributed by atoms with Crippen molar-refractivity contribution in [3.05, 3.63) is 71.8 Å². The van der Waals surface area contributed by atoms with E-state index >= 15 is 0 Å². The fraction of sp³-hybridized carbons (Fsp3) is 0. The fourth-order valence-electron chi connectivity index (χ4n) is 1.03. The van der Waals surface area contributed by atoms with E-state index in [9.17, 15) is 0 Å². The van der Waals surface area contributed by atoms with Gasteiger partial charge in [0.15, 0.2) is 0 Å². The van der Waals surface area contributed by atoms with Gasteiger partial charge in [0.1, 0.15) is 0 Å². The van der Waals surface area contributed by atoms with E-state index in [1.54, 1.807) is 24.3 Å². The van der Waals surface area contributed by atoms with Crippen LogP contribution in [0.4, 0.5) is 0 Å². The molecule has 0 saturated carbocycles. The number of nitrogens with zero attached hydrogens (tertiary/aromatic N) is 2. The molecule has 0 spiro atoms. The third kappa shape index (κ3) is 26.0. The normalized spacial score (nSPS) is 5.68. The van der Waals surface area contributed by atoms with Crippen molar-refractivity contribution in [2.75, 3.05) is 0 Å². The van der Waals surface area contributed by atoms with Crippen LogP contribution in [0.1, 0.15) is 11.1 Å². The number of hydrogen-bond donors (Lipinski definition) is 0. The van der Waals surface area contributed by atoms with Gasteiger partial charge in [0.05, 0.1) is 23.3 Å². The van der Waals surface area contributed by atoms with Crippen LogP contribution in [0, 0.1) is 22.7 Å². The molecule has 0 aliphatic carbocycles. The Morgan fingerprint density at radius 2 is 0.720 bits per heavy atom. The fourth-order valence-corrected chi connectivity index (χ4v) is 1.03. The average molecular weight is 502 g/mol. The van der Waals surface area contributed by atoms with Crippen molar-refractivity contribution in [2.45, 2.75) is 0 Å². The number of rotatable bonds is 0. The van der Waals surface area contributed by atoms with Crippen LogP contribution in [0.2, 0.25) is 0 Å². The van der Waals surface area contributed by atoms with Gasteiger partial charge in [-0.2, -0.15) is 10.5 Å². The molecule has 6 nitrogen and oxygen atoms in total. The SMILES string of the molecule is N#Cc1ccccc1.N#Cc1ccccc1.[C]=O.[C]=O.[C]=O.[C]=O.[W]. The van der Waals surface area contributed by atoms with E-state index in [-0.39, 0.29) is 21.1 Å². The molecule has 0 bridgehead atoms. The second-order valence-electron chi connectivity index (χ2n) is 2.96. The molecule has 0 unspecified atom stereocenters. The Morgan fingerprint density at radius 3 is 0.840 bits per heavy atom. The maximum atomic E-state index is 8.29. The molecular formula is C18H10N2O4W. The third-order valence-corrected chi connectivity index (χ3v) is 1.81. The van der Waals surface area contributed by atoms with Gasteiger partial charge in [-0.3, -0.25) is 19.2 Å². The summed E-state index contributed by atoms with van der Waals surface area (Å²) in [5, 5.41) is 16.6. The second-order valence-corrected chi connectivity index (χ2v) is 2.96. The number of benzene rings is 2. The van der Waals surface area contributed by atoms with E-state index in [4.69, 9.17) is 29.7 Å². The van der Waals surface area contributed by atoms with Crippen LogP contribution in [0.15, 0.2) is 60.7 Å². The Hall–Kier alpha value is -3.21. The zero-order valence-electron chi connectivity index (χ0n) is 12.7. The van der Waals surface area contributed by atoms with E-state index < -0.39 is 0 Å². The number of nitriles is 2. The first-order chi connectivity index (χ1) is 11.9. The van der Waals surface area contributed by atoms with Crippen molar-refractivity contribution < 1.29 is 40.2 Å². The van der Waals surface area contributed by atoms with Crippen molar-refractivity contribution in [3.63, 3.8) is 0 Å². The van der Waals surface area contributed by atoms with Crippen LogP contribution in [-0.4, -0.2) is 27.2 Å². The van der Waals surface area contributed by atoms with Crippen molar-refractivity contribution in [2.24, 2.45) is 0 Å². The maximum absolute atomic E-state index is 8.29. The minimum Gasteiger partial charge on any atom is -0.281 e. The molecule has 8 radical (unpaired) electrons. The maximum Gasteiger partial charge on any atom is 0.281 e. The van der Waals surface area contributed by atoms with Gasteiger partial charge in [-0.1, -0.05) is 36.4 Å². The first-order valence-corrected chi connectivity index (χ1v) is 5.59. The Balaban J connectivity index is -0.0000000743. The molecule has 122 valence electrons. The summed E-state index contributed by atoms with van der Waals surface area (Å²) in [4.78, 5) is 30.0. The minimum atomic E-state index is 0. The van der Waals surface area contributed by atoms with Gasteiger partial charge in [0, 0.05) is 21.1 Å². The third-order valence-electron chi connectivity index (χ3n) is 1.81. The van der Waals surface area contributed by atoms with Gasteiger partial charge in [-0.05, 0) is 24.3 Å².